The van der Waals surface area contributed by atoms with Crippen LogP contribution in [0.2, 0.25) is 5.02 Å². The minimum Gasteiger partial charge on any atom is -0.478 e. The molecule has 0 aliphatic heterocycles. The van der Waals surface area contributed by atoms with E-state index in [2.05, 4.69) is 5.10 Å². The molecule has 0 aliphatic carbocycles. The van der Waals surface area contributed by atoms with Crippen LogP contribution >= 0.6 is 11.6 Å². The molecule has 0 spiro atoms. The molecule has 1 N–H and O–H groups in total. The minimum absolute atomic E-state index is 0.176. The Morgan fingerprint density at radius 2 is 2.29 bits per heavy atom. The van der Waals surface area contributed by atoms with Gasteiger partial charge in [-0.25, -0.2) is 4.79 Å². The lowest BCUT2D eigenvalue weighted by molar-refractivity contribution is 0.0697. The van der Waals surface area contributed by atoms with Gasteiger partial charge in [-0.3, -0.25) is 4.68 Å². The van der Waals surface area contributed by atoms with E-state index in [1.807, 2.05) is 0 Å². The summed E-state index contributed by atoms with van der Waals surface area (Å²) < 4.78 is 1.61. The maximum atomic E-state index is 10.7. The van der Waals surface area contributed by atoms with Crippen LogP contribution < -0.4 is 0 Å². The Hall–Kier alpha value is -1.55. The lowest BCUT2D eigenvalue weighted by Gasteiger charge is -1.99. The van der Waals surface area contributed by atoms with Gasteiger partial charge in [0, 0.05) is 12.4 Å². The average Bonchev–Trinajstić information content (AvgIpc) is 2.48. The molecule has 0 amide bonds. The minimum atomic E-state index is -0.988. The number of rotatable bonds is 1. The zero-order valence-corrected chi connectivity index (χ0v) is 8.12. The van der Waals surface area contributed by atoms with Crippen LogP contribution in [0.1, 0.15) is 10.4 Å². The summed E-state index contributed by atoms with van der Waals surface area (Å²) in [6, 6.07) is 2.98. The summed E-state index contributed by atoms with van der Waals surface area (Å²) in [4.78, 5) is 10.7. The van der Waals surface area contributed by atoms with Gasteiger partial charge in [-0.2, -0.15) is 5.10 Å². The molecule has 0 atom stereocenters. The van der Waals surface area contributed by atoms with Crippen LogP contribution in [0.25, 0.3) is 10.9 Å². The summed E-state index contributed by atoms with van der Waals surface area (Å²) in [5, 5.41) is 13.9. The number of nitrogens with zero attached hydrogens (tertiary/aromatic N) is 2. The molecule has 5 heteroatoms. The summed E-state index contributed by atoms with van der Waals surface area (Å²) >= 11 is 5.93. The first-order valence-electron chi connectivity index (χ1n) is 3.94. The normalized spacial score (nSPS) is 10.7. The van der Waals surface area contributed by atoms with E-state index in [0.29, 0.717) is 5.02 Å². The third-order valence-electron chi connectivity index (χ3n) is 2.03. The van der Waals surface area contributed by atoms with E-state index in [9.17, 15) is 4.79 Å². The molecule has 72 valence electrons. The highest BCUT2D eigenvalue weighted by Crippen LogP contribution is 2.24. The lowest BCUT2D eigenvalue weighted by atomic mass is 10.1. The Morgan fingerprint density at radius 3 is 2.93 bits per heavy atom. The molecule has 0 saturated carbocycles. The van der Waals surface area contributed by atoms with Gasteiger partial charge in [0.05, 0.1) is 22.3 Å². The van der Waals surface area contributed by atoms with E-state index < -0.39 is 5.97 Å². The van der Waals surface area contributed by atoms with Crippen molar-refractivity contribution in [3.63, 3.8) is 0 Å². The number of aromatic carboxylic acids is 1. The van der Waals surface area contributed by atoms with Crippen molar-refractivity contribution < 1.29 is 9.90 Å². The molecular formula is C9H7ClN2O2. The van der Waals surface area contributed by atoms with Crippen molar-refractivity contribution in [3.05, 3.63) is 28.9 Å². The van der Waals surface area contributed by atoms with Crippen molar-refractivity contribution >= 4 is 28.5 Å². The summed E-state index contributed by atoms with van der Waals surface area (Å²) in [6.07, 6.45) is 1.59. The van der Waals surface area contributed by atoms with E-state index >= 15 is 0 Å². The van der Waals surface area contributed by atoms with Gasteiger partial charge in [0.1, 0.15) is 0 Å². The first-order chi connectivity index (χ1) is 6.59. The fourth-order valence-corrected chi connectivity index (χ4v) is 1.74. The van der Waals surface area contributed by atoms with Crippen LogP contribution in [0.5, 0.6) is 0 Å². The van der Waals surface area contributed by atoms with E-state index in [0.717, 1.165) is 10.9 Å². The molecule has 0 saturated heterocycles. The Bertz CT molecular complexity index is 519. The zero-order valence-electron chi connectivity index (χ0n) is 7.36. The summed E-state index contributed by atoms with van der Waals surface area (Å²) in [6.45, 7) is 0. The fraction of sp³-hybridized carbons (Fsp3) is 0.111. The molecule has 0 fully saturated rings. The highest BCUT2D eigenvalue weighted by molar-refractivity contribution is 6.35. The van der Waals surface area contributed by atoms with Gasteiger partial charge in [-0.05, 0) is 12.1 Å². The van der Waals surface area contributed by atoms with Gasteiger partial charge in [0.2, 0.25) is 0 Å². The predicted octanol–water partition coefficient (Wildman–Crippen LogP) is 1.92. The zero-order chi connectivity index (χ0) is 10.3. The van der Waals surface area contributed by atoms with Gasteiger partial charge in [-0.15, -0.1) is 0 Å². The number of hydrogen-bond acceptors (Lipinski definition) is 2. The molecule has 1 heterocycles. The molecule has 1 aromatic heterocycles. The SMILES string of the molecule is Cn1ncc2cc(C(=O)O)cc(Cl)c21. The van der Waals surface area contributed by atoms with Crippen molar-refractivity contribution in [1.29, 1.82) is 0 Å². The second-order valence-corrected chi connectivity index (χ2v) is 3.38. The maximum absolute atomic E-state index is 10.7. The number of hydrogen-bond donors (Lipinski definition) is 1. The fourth-order valence-electron chi connectivity index (χ4n) is 1.39. The van der Waals surface area contributed by atoms with Crippen LogP contribution in [0, 0.1) is 0 Å². The summed E-state index contributed by atoms with van der Waals surface area (Å²) in [5.41, 5.74) is 0.923. The summed E-state index contributed by atoms with van der Waals surface area (Å²) in [7, 11) is 1.76. The first kappa shape index (κ1) is 9.02. The quantitative estimate of drug-likeness (QED) is 0.783. The number of carboxylic acid groups (broad SMARTS) is 1. The van der Waals surface area contributed by atoms with Crippen molar-refractivity contribution in [1.82, 2.24) is 9.78 Å². The second-order valence-electron chi connectivity index (χ2n) is 2.97. The number of aryl methyl sites for hydroxylation is 1. The van der Waals surface area contributed by atoms with Gasteiger partial charge in [-0.1, -0.05) is 11.6 Å². The van der Waals surface area contributed by atoms with Gasteiger partial charge in [0.15, 0.2) is 0 Å². The molecule has 14 heavy (non-hydrogen) atoms. The third-order valence-corrected chi connectivity index (χ3v) is 2.32. The molecule has 1 aromatic carbocycles. The second kappa shape index (κ2) is 2.99. The van der Waals surface area contributed by atoms with Crippen LogP contribution in [-0.2, 0) is 7.05 Å². The number of benzene rings is 1. The molecule has 0 bridgehead atoms. The van der Waals surface area contributed by atoms with Crippen molar-refractivity contribution in [3.8, 4) is 0 Å². The number of carboxylic acids is 1. The molecular weight excluding hydrogens is 204 g/mol. The number of aromatic nitrogens is 2. The van der Waals surface area contributed by atoms with E-state index in [-0.39, 0.29) is 5.56 Å². The van der Waals surface area contributed by atoms with Crippen molar-refractivity contribution in [2.45, 2.75) is 0 Å². The molecule has 0 unspecified atom stereocenters. The monoisotopic (exact) mass is 210 g/mol. The molecule has 0 radical (unpaired) electrons. The van der Waals surface area contributed by atoms with Gasteiger partial charge in [0.25, 0.3) is 0 Å². The van der Waals surface area contributed by atoms with Crippen LogP contribution in [0.4, 0.5) is 0 Å². The maximum Gasteiger partial charge on any atom is 0.335 e. The van der Waals surface area contributed by atoms with E-state index in [4.69, 9.17) is 16.7 Å². The molecule has 2 aromatic rings. The number of carbonyl (C=O) groups is 1. The Kier molecular flexibility index (Phi) is 1.93. The number of fused-ring (bicyclic) bond motifs is 1. The highest BCUT2D eigenvalue weighted by Gasteiger charge is 2.10. The smallest absolute Gasteiger partial charge is 0.335 e. The molecule has 0 aliphatic rings. The molecule has 4 nitrogen and oxygen atoms in total. The Balaban J connectivity index is 2.80. The van der Waals surface area contributed by atoms with Gasteiger partial charge >= 0.3 is 5.97 Å². The van der Waals surface area contributed by atoms with Crippen LogP contribution in [-0.4, -0.2) is 20.9 Å². The highest BCUT2D eigenvalue weighted by atomic mass is 35.5. The van der Waals surface area contributed by atoms with Gasteiger partial charge < -0.3 is 5.11 Å². The van der Waals surface area contributed by atoms with Crippen molar-refractivity contribution in [2.24, 2.45) is 7.05 Å². The largest absolute Gasteiger partial charge is 0.478 e. The van der Waals surface area contributed by atoms with E-state index in [1.165, 1.54) is 6.07 Å². The predicted molar refractivity (Wildman–Crippen MR) is 52.7 cm³/mol. The number of halogens is 1. The van der Waals surface area contributed by atoms with Crippen molar-refractivity contribution in [2.75, 3.05) is 0 Å². The Morgan fingerprint density at radius 1 is 1.57 bits per heavy atom. The van der Waals surface area contributed by atoms with Crippen LogP contribution in [0.3, 0.4) is 0 Å². The topological polar surface area (TPSA) is 55.1 Å². The molecule has 2 rings (SSSR count). The summed E-state index contributed by atoms with van der Waals surface area (Å²) in [5.74, 6) is -0.988. The Labute approximate surface area is 84.7 Å². The first-order valence-corrected chi connectivity index (χ1v) is 4.32. The third kappa shape index (κ3) is 1.24. The van der Waals surface area contributed by atoms with E-state index in [1.54, 1.807) is 24.0 Å². The standard InChI is InChI=1S/C9H7ClN2O2/c1-12-8-6(4-11-12)2-5(9(13)14)3-7(8)10/h2-4H,1H3,(H,13,14). The average molecular weight is 211 g/mol. The lowest BCUT2D eigenvalue weighted by Crippen LogP contribution is -1.96. The van der Waals surface area contributed by atoms with Crippen LogP contribution in [0.15, 0.2) is 18.3 Å².